The van der Waals surface area contributed by atoms with Crippen molar-refractivity contribution in [2.75, 3.05) is 13.7 Å². The van der Waals surface area contributed by atoms with Crippen LogP contribution in [0.25, 0.3) is 0 Å². The fraction of sp³-hybridized carbons (Fsp3) is 0.400. The number of hydrogen-bond acceptors (Lipinski definition) is 2. The lowest BCUT2D eigenvalue weighted by Gasteiger charge is -2.19. The molecule has 0 unspecified atom stereocenters. The first-order valence-corrected chi connectivity index (χ1v) is 4.44. The fourth-order valence-electron chi connectivity index (χ4n) is 1.33. The number of rotatable bonds is 4. The van der Waals surface area contributed by atoms with E-state index in [0.717, 1.165) is 7.11 Å². The van der Waals surface area contributed by atoms with Crippen LogP contribution in [0.4, 0.5) is 17.6 Å². The van der Waals surface area contributed by atoms with Crippen LogP contribution < -0.4 is 4.74 Å². The van der Waals surface area contributed by atoms with E-state index < -0.39 is 41.9 Å². The maximum Gasteiger partial charge on any atom is 0.281 e. The zero-order chi connectivity index (χ0) is 12.3. The van der Waals surface area contributed by atoms with E-state index in [9.17, 15) is 17.6 Å². The van der Waals surface area contributed by atoms with Gasteiger partial charge in [-0.1, -0.05) is 0 Å². The van der Waals surface area contributed by atoms with Crippen molar-refractivity contribution in [1.82, 2.24) is 0 Å². The summed E-state index contributed by atoms with van der Waals surface area (Å²) in [6, 6.07) is 1.02. The van der Waals surface area contributed by atoms with E-state index in [1.807, 2.05) is 0 Å². The minimum absolute atomic E-state index is 0.350. The Labute approximate surface area is 89.5 Å². The standard InChI is InChI=1S/C10H10F4O2/c1-16-8-5-6(11)4-7(12)9(8)10(13,14)2-3-15/h4-5,15H,2-3H2,1H3. The highest BCUT2D eigenvalue weighted by molar-refractivity contribution is 5.38. The zero-order valence-electron chi connectivity index (χ0n) is 8.44. The molecule has 16 heavy (non-hydrogen) atoms. The maximum absolute atomic E-state index is 13.4. The predicted octanol–water partition coefficient (Wildman–Crippen LogP) is 2.45. The summed E-state index contributed by atoms with van der Waals surface area (Å²) in [4.78, 5) is 0. The van der Waals surface area contributed by atoms with Crippen LogP contribution in [0.5, 0.6) is 5.75 Å². The minimum Gasteiger partial charge on any atom is -0.496 e. The van der Waals surface area contributed by atoms with Crippen molar-refractivity contribution >= 4 is 0 Å². The summed E-state index contributed by atoms with van der Waals surface area (Å²) < 4.78 is 57.3. The molecule has 0 heterocycles. The molecule has 0 aliphatic heterocycles. The van der Waals surface area contributed by atoms with E-state index in [4.69, 9.17) is 5.11 Å². The van der Waals surface area contributed by atoms with Gasteiger partial charge in [-0.2, -0.15) is 0 Å². The Morgan fingerprint density at radius 1 is 1.31 bits per heavy atom. The number of hydrogen-bond donors (Lipinski definition) is 1. The Kier molecular flexibility index (Phi) is 3.74. The first-order valence-electron chi connectivity index (χ1n) is 4.44. The highest BCUT2D eigenvalue weighted by Gasteiger charge is 2.37. The molecular formula is C10H10F4O2. The van der Waals surface area contributed by atoms with E-state index in [1.165, 1.54) is 0 Å². The lowest BCUT2D eigenvalue weighted by atomic mass is 10.0. The number of methoxy groups -OCH3 is 1. The van der Waals surface area contributed by atoms with Gasteiger partial charge in [0.1, 0.15) is 17.4 Å². The average molecular weight is 238 g/mol. The maximum atomic E-state index is 13.4. The topological polar surface area (TPSA) is 29.5 Å². The van der Waals surface area contributed by atoms with Gasteiger partial charge in [0, 0.05) is 25.2 Å². The van der Waals surface area contributed by atoms with Gasteiger partial charge in [-0.25, -0.2) is 17.6 Å². The lowest BCUT2D eigenvalue weighted by Crippen LogP contribution is -2.18. The summed E-state index contributed by atoms with van der Waals surface area (Å²) in [6.07, 6.45) is -0.952. The van der Waals surface area contributed by atoms with Crippen molar-refractivity contribution in [3.05, 3.63) is 29.3 Å². The second-order valence-corrected chi connectivity index (χ2v) is 3.14. The van der Waals surface area contributed by atoms with E-state index in [2.05, 4.69) is 4.74 Å². The van der Waals surface area contributed by atoms with Gasteiger partial charge in [-0.15, -0.1) is 0 Å². The van der Waals surface area contributed by atoms with Crippen LogP contribution in [0.15, 0.2) is 12.1 Å². The molecule has 0 saturated carbocycles. The second-order valence-electron chi connectivity index (χ2n) is 3.14. The number of ether oxygens (including phenoxy) is 1. The van der Waals surface area contributed by atoms with Gasteiger partial charge in [0.25, 0.3) is 5.92 Å². The van der Waals surface area contributed by atoms with Crippen molar-refractivity contribution in [2.45, 2.75) is 12.3 Å². The molecule has 0 saturated heterocycles. The van der Waals surface area contributed by atoms with Crippen molar-refractivity contribution in [3.63, 3.8) is 0 Å². The third kappa shape index (κ3) is 2.44. The first-order chi connectivity index (χ1) is 7.42. The molecule has 0 fully saturated rings. The molecule has 6 heteroatoms. The summed E-state index contributed by atoms with van der Waals surface area (Å²) in [5.41, 5.74) is -1.04. The van der Waals surface area contributed by atoms with Gasteiger partial charge < -0.3 is 9.84 Å². The van der Waals surface area contributed by atoms with Crippen LogP contribution in [-0.2, 0) is 5.92 Å². The molecule has 2 nitrogen and oxygen atoms in total. The minimum atomic E-state index is -3.60. The Bertz CT molecular complexity index is 379. The summed E-state index contributed by atoms with van der Waals surface area (Å²) >= 11 is 0. The molecule has 1 aromatic carbocycles. The molecule has 0 bridgehead atoms. The quantitative estimate of drug-likeness (QED) is 0.816. The third-order valence-corrected chi connectivity index (χ3v) is 2.03. The predicted molar refractivity (Wildman–Crippen MR) is 48.5 cm³/mol. The van der Waals surface area contributed by atoms with Crippen LogP contribution in [-0.4, -0.2) is 18.8 Å². The van der Waals surface area contributed by atoms with Crippen LogP contribution in [0, 0.1) is 11.6 Å². The number of aliphatic hydroxyl groups excluding tert-OH is 1. The van der Waals surface area contributed by atoms with Gasteiger partial charge in [0.2, 0.25) is 0 Å². The van der Waals surface area contributed by atoms with Crippen molar-refractivity contribution < 1.29 is 27.4 Å². The molecule has 1 N–H and O–H groups in total. The van der Waals surface area contributed by atoms with E-state index in [0.29, 0.717) is 12.1 Å². The summed E-state index contributed by atoms with van der Waals surface area (Å²) in [5.74, 6) is -6.57. The number of alkyl halides is 2. The fourth-order valence-corrected chi connectivity index (χ4v) is 1.33. The molecule has 0 aromatic heterocycles. The van der Waals surface area contributed by atoms with Gasteiger partial charge in [-0.05, 0) is 0 Å². The molecule has 0 aliphatic carbocycles. The first kappa shape index (κ1) is 12.8. The average Bonchev–Trinajstić information content (AvgIpc) is 2.15. The summed E-state index contributed by atoms with van der Waals surface area (Å²) in [7, 11) is 1.03. The van der Waals surface area contributed by atoms with Crippen LogP contribution in [0.3, 0.4) is 0 Å². The highest BCUT2D eigenvalue weighted by atomic mass is 19.3. The molecule has 0 aliphatic rings. The van der Waals surface area contributed by atoms with Crippen molar-refractivity contribution in [1.29, 1.82) is 0 Å². The largest absolute Gasteiger partial charge is 0.496 e. The Balaban J connectivity index is 3.31. The third-order valence-electron chi connectivity index (χ3n) is 2.03. The van der Waals surface area contributed by atoms with Gasteiger partial charge in [-0.3, -0.25) is 0 Å². The highest BCUT2D eigenvalue weighted by Crippen LogP contribution is 2.39. The Morgan fingerprint density at radius 3 is 2.44 bits per heavy atom. The van der Waals surface area contributed by atoms with Crippen LogP contribution in [0.1, 0.15) is 12.0 Å². The monoisotopic (exact) mass is 238 g/mol. The molecule has 0 radical (unpaired) electrons. The van der Waals surface area contributed by atoms with Crippen LogP contribution >= 0.6 is 0 Å². The van der Waals surface area contributed by atoms with Crippen molar-refractivity contribution in [2.24, 2.45) is 0 Å². The molecule has 0 spiro atoms. The molecule has 0 atom stereocenters. The van der Waals surface area contributed by atoms with E-state index in [1.54, 1.807) is 0 Å². The zero-order valence-corrected chi connectivity index (χ0v) is 8.44. The second kappa shape index (κ2) is 4.69. The Hall–Kier alpha value is -1.30. The van der Waals surface area contributed by atoms with Crippen LogP contribution in [0.2, 0.25) is 0 Å². The lowest BCUT2D eigenvalue weighted by molar-refractivity contribution is -0.0319. The summed E-state index contributed by atoms with van der Waals surface area (Å²) in [6.45, 7) is -0.813. The van der Waals surface area contributed by atoms with E-state index in [-0.39, 0.29) is 0 Å². The van der Waals surface area contributed by atoms with Gasteiger partial charge >= 0.3 is 0 Å². The number of aliphatic hydroxyl groups is 1. The molecule has 90 valence electrons. The van der Waals surface area contributed by atoms with E-state index >= 15 is 0 Å². The molecule has 1 aromatic rings. The SMILES string of the molecule is COc1cc(F)cc(F)c1C(F)(F)CCO. The molecule has 1 rings (SSSR count). The Morgan fingerprint density at radius 2 is 1.94 bits per heavy atom. The smallest absolute Gasteiger partial charge is 0.281 e. The molecular weight excluding hydrogens is 228 g/mol. The molecule has 0 amide bonds. The van der Waals surface area contributed by atoms with Crippen molar-refractivity contribution in [3.8, 4) is 5.75 Å². The normalized spacial score (nSPS) is 11.6. The number of benzene rings is 1. The van der Waals surface area contributed by atoms with Gasteiger partial charge in [0.05, 0.1) is 12.7 Å². The number of halogens is 4. The summed E-state index contributed by atoms with van der Waals surface area (Å²) in [5, 5.41) is 8.45. The van der Waals surface area contributed by atoms with Gasteiger partial charge in [0.15, 0.2) is 0 Å².